The minimum absolute atomic E-state index is 0.122. The maximum atomic E-state index is 5.74. The second kappa shape index (κ2) is 8.88. The molecule has 4 rings (SSSR count). The second-order valence-corrected chi connectivity index (χ2v) is 8.39. The Balaban J connectivity index is 1.76. The fraction of sp³-hybridized carbons (Fsp3) is 0.318. The predicted octanol–water partition coefficient (Wildman–Crippen LogP) is 5.65. The van der Waals surface area contributed by atoms with E-state index in [9.17, 15) is 0 Å². The van der Waals surface area contributed by atoms with Crippen molar-refractivity contribution >= 4 is 34.2 Å². The first-order valence-electron chi connectivity index (χ1n) is 9.90. The van der Waals surface area contributed by atoms with Gasteiger partial charge in [-0.2, -0.15) is 4.98 Å². The number of unbranched alkanes of at least 4 members (excludes halogenated alkanes) is 2. The van der Waals surface area contributed by atoms with E-state index < -0.39 is 0 Å². The van der Waals surface area contributed by atoms with Gasteiger partial charge in [-0.25, -0.2) is 0 Å². The molecule has 1 unspecified atom stereocenters. The third-order valence-corrected chi connectivity index (χ3v) is 6.32. The Morgan fingerprint density at radius 1 is 1.17 bits per heavy atom. The normalized spacial score (nSPS) is 17.0. The summed E-state index contributed by atoms with van der Waals surface area (Å²) in [5, 5.41) is 10.5. The number of thiocarbonyl (C=S) groups is 1. The van der Waals surface area contributed by atoms with Crippen LogP contribution in [0.3, 0.4) is 0 Å². The van der Waals surface area contributed by atoms with Gasteiger partial charge in [-0.15, -0.1) is 11.3 Å². The van der Waals surface area contributed by atoms with Gasteiger partial charge in [0.2, 0.25) is 5.82 Å². The molecule has 5 nitrogen and oxygen atoms in total. The van der Waals surface area contributed by atoms with Crippen LogP contribution in [0.4, 0.5) is 0 Å². The molecule has 29 heavy (non-hydrogen) atoms. The molecule has 2 aromatic heterocycles. The number of nitrogens with one attached hydrogen (secondary N) is 1. The molecule has 0 saturated carbocycles. The Labute approximate surface area is 180 Å². The van der Waals surface area contributed by atoms with Crippen LogP contribution < -0.4 is 5.32 Å². The van der Waals surface area contributed by atoms with Crippen molar-refractivity contribution in [2.75, 3.05) is 6.54 Å². The Bertz CT molecular complexity index is 995. The van der Waals surface area contributed by atoms with Crippen LogP contribution in [0.15, 0.2) is 58.1 Å². The summed E-state index contributed by atoms with van der Waals surface area (Å²) < 4.78 is 5.74. The van der Waals surface area contributed by atoms with Gasteiger partial charge in [0.05, 0.1) is 16.5 Å². The van der Waals surface area contributed by atoms with Crippen LogP contribution in [0.2, 0.25) is 0 Å². The molecule has 150 valence electrons. The van der Waals surface area contributed by atoms with Gasteiger partial charge in [0.15, 0.2) is 5.11 Å². The van der Waals surface area contributed by atoms with E-state index in [1.54, 1.807) is 11.3 Å². The van der Waals surface area contributed by atoms with E-state index in [0.29, 0.717) is 11.7 Å². The van der Waals surface area contributed by atoms with Crippen molar-refractivity contribution in [3.8, 4) is 10.7 Å². The van der Waals surface area contributed by atoms with Gasteiger partial charge in [0, 0.05) is 12.2 Å². The van der Waals surface area contributed by atoms with Crippen LogP contribution in [-0.2, 0) is 0 Å². The number of hydrogen-bond donors (Lipinski definition) is 1. The minimum Gasteiger partial charge on any atom is -0.351 e. The molecule has 1 aliphatic heterocycles. The van der Waals surface area contributed by atoms with Gasteiger partial charge in [-0.3, -0.25) is 0 Å². The zero-order chi connectivity index (χ0) is 20.2. The Kier molecular flexibility index (Phi) is 6.06. The van der Waals surface area contributed by atoms with Crippen LogP contribution in [0.25, 0.3) is 16.3 Å². The minimum atomic E-state index is -0.122. The van der Waals surface area contributed by atoms with E-state index in [-0.39, 0.29) is 6.04 Å². The SMILES string of the molecule is CCCCCN1C(=S)NC(c2ccccc2)C(c2nc(-c3cccs3)no2)=C1C. The summed E-state index contributed by atoms with van der Waals surface area (Å²) in [6, 6.07) is 14.1. The van der Waals surface area contributed by atoms with Crippen molar-refractivity contribution in [2.45, 2.75) is 39.2 Å². The quantitative estimate of drug-likeness (QED) is 0.391. The molecule has 7 heteroatoms. The summed E-state index contributed by atoms with van der Waals surface area (Å²) in [5.74, 6) is 1.16. The lowest BCUT2D eigenvalue weighted by Crippen LogP contribution is -2.46. The molecule has 0 fully saturated rings. The molecule has 1 aliphatic rings. The number of hydrogen-bond acceptors (Lipinski definition) is 5. The Morgan fingerprint density at radius 2 is 2.00 bits per heavy atom. The third-order valence-electron chi connectivity index (χ3n) is 5.11. The topological polar surface area (TPSA) is 54.2 Å². The zero-order valence-corrected chi connectivity index (χ0v) is 18.2. The Hall–Kier alpha value is -2.51. The van der Waals surface area contributed by atoms with E-state index in [2.05, 4.69) is 41.4 Å². The lowest BCUT2D eigenvalue weighted by molar-refractivity contribution is 0.395. The van der Waals surface area contributed by atoms with Crippen LogP contribution in [-0.4, -0.2) is 26.7 Å². The molecule has 3 aromatic rings. The van der Waals surface area contributed by atoms with Crippen LogP contribution >= 0.6 is 23.6 Å². The van der Waals surface area contributed by atoms with E-state index in [4.69, 9.17) is 21.7 Å². The average molecular weight is 425 g/mol. The zero-order valence-electron chi connectivity index (χ0n) is 16.6. The van der Waals surface area contributed by atoms with Gasteiger partial charge in [0.1, 0.15) is 0 Å². The highest BCUT2D eigenvalue weighted by molar-refractivity contribution is 7.80. The molecule has 0 bridgehead atoms. The fourth-order valence-corrected chi connectivity index (χ4v) is 4.58. The standard InChI is InChI=1S/C22H24N4OS2/c1-3-4-8-13-26-15(2)18(19(23-22(26)28)16-10-6-5-7-11-16)21-24-20(25-27-21)17-12-9-14-29-17/h5-7,9-12,14,19H,3-4,8,13H2,1-2H3,(H,23,28). The maximum Gasteiger partial charge on any atom is 0.258 e. The van der Waals surface area contributed by atoms with Crippen LogP contribution in [0.1, 0.15) is 50.6 Å². The number of nitrogens with zero attached hydrogens (tertiary/aromatic N) is 3. The molecule has 0 aliphatic carbocycles. The lowest BCUT2D eigenvalue weighted by Gasteiger charge is -2.37. The van der Waals surface area contributed by atoms with Gasteiger partial charge in [0.25, 0.3) is 5.89 Å². The molecule has 0 spiro atoms. The highest BCUT2D eigenvalue weighted by Crippen LogP contribution is 2.37. The lowest BCUT2D eigenvalue weighted by atomic mass is 9.95. The smallest absolute Gasteiger partial charge is 0.258 e. The monoisotopic (exact) mass is 424 g/mol. The molecular weight excluding hydrogens is 400 g/mol. The van der Waals surface area contributed by atoms with E-state index in [1.807, 2.05) is 35.7 Å². The summed E-state index contributed by atoms with van der Waals surface area (Å²) in [6.07, 6.45) is 3.43. The first-order chi connectivity index (χ1) is 14.2. The summed E-state index contributed by atoms with van der Waals surface area (Å²) in [4.78, 5) is 7.88. The van der Waals surface area contributed by atoms with Crippen LogP contribution in [0, 0.1) is 0 Å². The van der Waals surface area contributed by atoms with E-state index >= 15 is 0 Å². The molecule has 1 N–H and O–H groups in total. The number of aromatic nitrogens is 2. The van der Waals surface area contributed by atoms with Crippen LogP contribution in [0.5, 0.6) is 0 Å². The molecule has 0 amide bonds. The number of allylic oxidation sites excluding steroid dienone is 1. The maximum absolute atomic E-state index is 5.74. The van der Waals surface area contributed by atoms with Crippen molar-refractivity contribution < 1.29 is 4.52 Å². The second-order valence-electron chi connectivity index (χ2n) is 7.05. The highest BCUT2D eigenvalue weighted by Gasteiger charge is 2.33. The predicted molar refractivity (Wildman–Crippen MR) is 121 cm³/mol. The summed E-state index contributed by atoms with van der Waals surface area (Å²) in [7, 11) is 0. The van der Waals surface area contributed by atoms with Crippen molar-refractivity contribution in [2.24, 2.45) is 0 Å². The first kappa shape index (κ1) is 19.8. The van der Waals surface area contributed by atoms with Gasteiger partial charge in [-0.05, 0) is 42.6 Å². The van der Waals surface area contributed by atoms with Gasteiger partial charge in [-0.1, -0.05) is 61.3 Å². The highest BCUT2D eigenvalue weighted by atomic mass is 32.1. The first-order valence-corrected chi connectivity index (χ1v) is 11.2. The average Bonchev–Trinajstić information content (AvgIpc) is 3.42. The molecule has 1 atom stereocenters. The van der Waals surface area contributed by atoms with Crippen molar-refractivity contribution in [1.82, 2.24) is 20.4 Å². The summed E-state index contributed by atoms with van der Waals surface area (Å²) in [5.41, 5.74) is 3.17. The van der Waals surface area contributed by atoms with Crippen molar-refractivity contribution in [3.63, 3.8) is 0 Å². The summed E-state index contributed by atoms with van der Waals surface area (Å²) >= 11 is 7.32. The number of benzene rings is 1. The molecule has 0 saturated heterocycles. The van der Waals surface area contributed by atoms with Gasteiger partial charge >= 0.3 is 0 Å². The summed E-state index contributed by atoms with van der Waals surface area (Å²) in [6.45, 7) is 5.18. The Morgan fingerprint density at radius 3 is 2.72 bits per heavy atom. The van der Waals surface area contributed by atoms with Crippen molar-refractivity contribution in [3.05, 3.63) is 65.0 Å². The molecule has 1 aromatic carbocycles. The largest absolute Gasteiger partial charge is 0.351 e. The molecule has 3 heterocycles. The van der Waals surface area contributed by atoms with E-state index in [0.717, 1.165) is 39.8 Å². The molecule has 0 radical (unpaired) electrons. The fourth-order valence-electron chi connectivity index (χ4n) is 3.58. The van der Waals surface area contributed by atoms with Crippen molar-refractivity contribution in [1.29, 1.82) is 0 Å². The number of thiophene rings is 1. The third kappa shape index (κ3) is 4.11. The van der Waals surface area contributed by atoms with Gasteiger partial charge < -0.3 is 14.7 Å². The molecular formula is C22H24N4OS2. The number of rotatable bonds is 7. The van der Waals surface area contributed by atoms with E-state index in [1.165, 1.54) is 12.8 Å².